The van der Waals surface area contributed by atoms with Gasteiger partial charge in [0.2, 0.25) is 11.7 Å². The van der Waals surface area contributed by atoms with Gasteiger partial charge in [-0.25, -0.2) is 0 Å². The lowest BCUT2D eigenvalue weighted by molar-refractivity contribution is 0.0946. The van der Waals surface area contributed by atoms with Gasteiger partial charge < -0.3 is 19.3 Å². The lowest BCUT2D eigenvalue weighted by Crippen LogP contribution is -2.22. The van der Waals surface area contributed by atoms with Gasteiger partial charge in [0, 0.05) is 11.1 Å². The van der Waals surface area contributed by atoms with E-state index in [-0.39, 0.29) is 12.5 Å². The summed E-state index contributed by atoms with van der Waals surface area (Å²) in [5.41, 5.74) is 1.34. The summed E-state index contributed by atoms with van der Waals surface area (Å²) in [6, 6.07) is 14.3. The zero-order chi connectivity index (χ0) is 19.9. The Morgan fingerprint density at radius 3 is 2.39 bits per heavy atom. The molecule has 0 bridgehead atoms. The molecule has 0 aliphatic rings. The average molecular weight is 381 g/mol. The number of carbonyl (C=O) groups is 1. The Labute approximate surface area is 163 Å². The molecule has 1 N–H and O–H groups in total. The molecule has 0 saturated carbocycles. The number of hydrogen-bond acceptors (Lipinski definition) is 6. The number of methoxy groups -OCH3 is 1. The van der Waals surface area contributed by atoms with Gasteiger partial charge >= 0.3 is 0 Å². The van der Waals surface area contributed by atoms with E-state index < -0.39 is 0 Å². The van der Waals surface area contributed by atoms with Crippen LogP contribution in [-0.2, 0) is 6.54 Å². The molecule has 146 valence electrons. The summed E-state index contributed by atoms with van der Waals surface area (Å²) in [7, 11) is 1.61. The van der Waals surface area contributed by atoms with Crippen LogP contribution in [0.25, 0.3) is 11.4 Å². The van der Waals surface area contributed by atoms with Gasteiger partial charge in [-0.15, -0.1) is 0 Å². The number of nitrogens with zero attached hydrogens (tertiary/aromatic N) is 2. The highest BCUT2D eigenvalue weighted by Crippen LogP contribution is 2.19. The third kappa shape index (κ3) is 5.09. The van der Waals surface area contributed by atoms with Gasteiger partial charge in [-0.3, -0.25) is 4.79 Å². The first-order valence-corrected chi connectivity index (χ1v) is 9.03. The molecule has 0 fully saturated rings. The van der Waals surface area contributed by atoms with Crippen LogP contribution in [-0.4, -0.2) is 29.8 Å². The number of ether oxygens (including phenoxy) is 2. The lowest BCUT2D eigenvalue weighted by Gasteiger charge is -2.09. The predicted molar refractivity (Wildman–Crippen MR) is 104 cm³/mol. The number of hydrogen-bond donors (Lipinski definition) is 1. The van der Waals surface area contributed by atoms with Gasteiger partial charge in [0.25, 0.3) is 5.91 Å². The van der Waals surface area contributed by atoms with Gasteiger partial charge in [-0.2, -0.15) is 4.98 Å². The summed E-state index contributed by atoms with van der Waals surface area (Å²) in [5, 5.41) is 6.72. The molecule has 1 aromatic heterocycles. The number of rotatable bonds is 8. The number of nitrogens with one attached hydrogen (secondary N) is 1. The highest BCUT2D eigenvalue weighted by atomic mass is 16.5. The summed E-state index contributed by atoms with van der Waals surface area (Å²) >= 11 is 0. The summed E-state index contributed by atoms with van der Waals surface area (Å²) in [5.74, 6) is 2.50. The standard InChI is InChI=1S/C21H23N3O4/c1-14(2)13-27-18-10-6-16(7-11-18)21(25)22-12-19-23-20(24-28-19)15-4-8-17(26-3)9-5-15/h4-11,14H,12-13H2,1-3H3,(H,22,25). The van der Waals surface area contributed by atoms with Crippen LogP contribution >= 0.6 is 0 Å². The van der Waals surface area contributed by atoms with Crippen LogP contribution in [0.1, 0.15) is 30.1 Å². The quantitative estimate of drug-likeness (QED) is 0.640. The lowest BCUT2D eigenvalue weighted by atomic mass is 10.2. The van der Waals surface area contributed by atoms with Crippen molar-refractivity contribution >= 4 is 5.91 Å². The molecular weight excluding hydrogens is 358 g/mol. The Hall–Kier alpha value is -3.35. The van der Waals surface area contributed by atoms with E-state index in [1.54, 1.807) is 31.4 Å². The third-order valence-electron chi connectivity index (χ3n) is 3.92. The zero-order valence-corrected chi connectivity index (χ0v) is 16.1. The highest BCUT2D eigenvalue weighted by Gasteiger charge is 2.11. The van der Waals surface area contributed by atoms with Crippen molar-refractivity contribution in [3.05, 3.63) is 60.0 Å². The van der Waals surface area contributed by atoms with E-state index in [0.717, 1.165) is 17.1 Å². The Morgan fingerprint density at radius 1 is 1.07 bits per heavy atom. The highest BCUT2D eigenvalue weighted by molar-refractivity contribution is 5.94. The molecule has 7 nitrogen and oxygen atoms in total. The molecule has 1 heterocycles. The monoisotopic (exact) mass is 381 g/mol. The minimum Gasteiger partial charge on any atom is -0.497 e. The fraction of sp³-hybridized carbons (Fsp3) is 0.286. The molecule has 28 heavy (non-hydrogen) atoms. The van der Waals surface area contributed by atoms with Crippen molar-refractivity contribution in [1.82, 2.24) is 15.5 Å². The first-order valence-electron chi connectivity index (χ1n) is 9.03. The zero-order valence-electron chi connectivity index (χ0n) is 16.1. The number of amides is 1. The van der Waals surface area contributed by atoms with Crippen molar-refractivity contribution in [2.24, 2.45) is 5.92 Å². The molecule has 1 amide bonds. The Bertz CT molecular complexity index is 902. The van der Waals surface area contributed by atoms with E-state index in [4.69, 9.17) is 14.0 Å². The van der Waals surface area contributed by atoms with Crippen LogP contribution in [0.4, 0.5) is 0 Å². The number of benzene rings is 2. The second-order valence-electron chi connectivity index (χ2n) is 6.65. The second-order valence-corrected chi connectivity index (χ2v) is 6.65. The van der Waals surface area contributed by atoms with Crippen LogP contribution < -0.4 is 14.8 Å². The van der Waals surface area contributed by atoms with Crippen LogP contribution in [0.3, 0.4) is 0 Å². The number of aromatic nitrogens is 2. The molecule has 0 unspecified atom stereocenters. The van der Waals surface area contributed by atoms with E-state index in [1.165, 1.54) is 0 Å². The van der Waals surface area contributed by atoms with Gasteiger partial charge in [-0.05, 0) is 54.4 Å². The summed E-state index contributed by atoms with van der Waals surface area (Å²) in [6.45, 7) is 4.95. The van der Waals surface area contributed by atoms with E-state index in [9.17, 15) is 4.79 Å². The molecule has 7 heteroatoms. The molecule has 0 saturated heterocycles. The van der Waals surface area contributed by atoms with Crippen molar-refractivity contribution in [3.8, 4) is 22.9 Å². The maximum atomic E-state index is 12.3. The topological polar surface area (TPSA) is 86.5 Å². The van der Waals surface area contributed by atoms with Gasteiger partial charge in [0.1, 0.15) is 11.5 Å². The number of carbonyl (C=O) groups excluding carboxylic acids is 1. The fourth-order valence-electron chi connectivity index (χ4n) is 2.41. The fourth-order valence-corrected chi connectivity index (χ4v) is 2.41. The molecule has 0 aliphatic heterocycles. The van der Waals surface area contributed by atoms with E-state index in [2.05, 4.69) is 29.3 Å². The molecule has 3 aromatic rings. The molecule has 0 spiro atoms. The first kappa shape index (κ1) is 19.4. The van der Waals surface area contributed by atoms with Crippen LogP contribution in [0.15, 0.2) is 53.1 Å². The molecule has 0 atom stereocenters. The Kier molecular flexibility index (Phi) is 6.26. The van der Waals surface area contributed by atoms with Crippen LogP contribution in [0.5, 0.6) is 11.5 Å². The van der Waals surface area contributed by atoms with Gasteiger partial charge in [0.05, 0.1) is 20.3 Å². The van der Waals surface area contributed by atoms with Crippen molar-refractivity contribution in [3.63, 3.8) is 0 Å². The van der Waals surface area contributed by atoms with Gasteiger partial charge in [0.15, 0.2) is 0 Å². The van der Waals surface area contributed by atoms with E-state index in [1.807, 2.05) is 24.3 Å². The molecule has 2 aromatic carbocycles. The Morgan fingerprint density at radius 2 is 1.75 bits per heavy atom. The SMILES string of the molecule is COc1ccc(-c2noc(CNC(=O)c3ccc(OCC(C)C)cc3)n2)cc1. The minimum atomic E-state index is -0.223. The minimum absolute atomic E-state index is 0.146. The Balaban J connectivity index is 1.55. The second kappa shape index (κ2) is 9.03. The summed E-state index contributed by atoms with van der Waals surface area (Å²) < 4.78 is 16.0. The summed E-state index contributed by atoms with van der Waals surface area (Å²) in [6.07, 6.45) is 0. The maximum absolute atomic E-state index is 12.3. The normalized spacial score (nSPS) is 10.7. The van der Waals surface area contributed by atoms with E-state index >= 15 is 0 Å². The first-order chi connectivity index (χ1) is 13.5. The summed E-state index contributed by atoms with van der Waals surface area (Å²) in [4.78, 5) is 16.6. The van der Waals surface area contributed by atoms with Crippen molar-refractivity contribution in [2.45, 2.75) is 20.4 Å². The van der Waals surface area contributed by atoms with Crippen LogP contribution in [0.2, 0.25) is 0 Å². The molecule has 3 rings (SSSR count). The van der Waals surface area contributed by atoms with Crippen molar-refractivity contribution in [2.75, 3.05) is 13.7 Å². The predicted octanol–water partition coefficient (Wildman–Crippen LogP) is 3.71. The van der Waals surface area contributed by atoms with Gasteiger partial charge in [-0.1, -0.05) is 19.0 Å². The largest absolute Gasteiger partial charge is 0.497 e. The van der Waals surface area contributed by atoms with Crippen molar-refractivity contribution in [1.29, 1.82) is 0 Å². The van der Waals surface area contributed by atoms with E-state index in [0.29, 0.717) is 29.8 Å². The molecule has 0 radical (unpaired) electrons. The third-order valence-corrected chi connectivity index (χ3v) is 3.92. The molecular formula is C21H23N3O4. The van der Waals surface area contributed by atoms with Crippen molar-refractivity contribution < 1.29 is 18.8 Å². The smallest absolute Gasteiger partial charge is 0.251 e. The molecule has 0 aliphatic carbocycles. The average Bonchev–Trinajstić information content (AvgIpc) is 3.20. The van der Waals surface area contributed by atoms with Crippen LogP contribution in [0, 0.1) is 5.92 Å². The maximum Gasteiger partial charge on any atom is 0.251 e.